The van der Waals surface area contributed by atoms with Crippen molar-refractivity contribution in [3.8, 4) is 0 Å². The molecule has 1 amide bonds. The quantitative estimate of drug-likeness (QED) is 0.636. The number of hydrogen-bond donors (Lipinski definition) is 2. The summed E-state index contributed by atoms with van der Waals surface area (Å²) >= 11 is 0. The molecule has 1 aromatic carbocycles. The van der Waals surface area contributed by atoms with Gasteiger partial charge in [-0.05, 0) is 43.7 Å². The predicted molar refractivity (Wildman–Crippen MR) is 85.6 cm³/mol. The van der Waals surface area contributed by atoms with Gasteiger partial charge >= 0.3 is 0 Å². The van der Waals surface area contributed by atoms with Gasteiger partial charge in [0.1, 0.15) is 5.69 Å². The second-order valence-corrected chi connectivity index (χ2v) is 6.35. The molecule has 0 bridgehead atoms. The van der Waals surface area contributed by atoms with Crippen LogP contribution in [-0.4, -0.2) is 41.7 Å². The van der Waals surface area contributed by atoms with Gasteiger partial charge < -0.3 is 15.3 Å². The van der Waals surface area contributed by atoms with Crippen molar-refractivity contribution in [3.05, 3.63) is 33.9 Å². The summed E-state index contributed by atoms with van der Waals surface area (Å²) in [5.74, 6) is -0.116. The Bertz CT molecular complexity index is 615. The number of hydrogen-bond acceptors (Lipinski definition) is 5. The minimum atomic E-state index is -0.439. The van der Waals surface area contributed by atoms with E-state index in [1.54, 1.807) is 12.1 Å². The number of piperidine rings is 1. The zero-order chi connectivity index (χ0) is 16.4. The topological polar surface area (TPSA) is 95.7 Å². The van der Waals surface area contributed by atoms with E-state index in [9.17, 15) is 20.0 Å². The van der Waals surface area contributed by atoms with E-state index in [1.807, 2.05) is 4.90 Å². The Kier molecular flexibility index (Phi) is 4.47. The SMILES string of the molecule is O=C(NC1CC1)c1ccc(N2CCCC(CO)C2)c([N+](=O)[O-])c1. The highest BCUT2D eigenvalue weighted by Crippen LogP contribution is 2.32. The fraction of sp³-hybridized carbons (Fsp3) is 0.562. The molecule has 1 unspecified atom stereocenters. The van der Waals surface area contributed by atoms with E-state index in [0.29, 0.717) is 17.8 Å². The Morgan fingerprint density at radius 2 is 2.17 bits per heavy atom. The van der Waals surface area contributed by atoms with Gasteiger partial charge in [0.25, 0.3) is 11.6 Å². The molecule has 2 N–H and O–H groups in total. The maximum atomic E-state index is 12.1. The van der Waals surface area contributed by atoms with Crippen LogP contribution in [-0.2, 0) is 0 Å². The first-order chi connectivity index (χ1) is 11.1. The number of aliphatic hydroxyl groups excluding tert-OH is 1. The summed E-state index contributed by atoms with van der Waals surface area (Å²) in [6.45, 7) is 1.42. The molecular formula is C16H21N3O4. The molecule has 1 atom stereocenters. The molecule has 7 heteroatoms. The molecule has 7 nitrogen and oxygen atoms in total. The average molecular weight is 319 g/mol. The van der Waals surface area contributed by atoms with Crippen LogP contribution < -0.4 is 10.2 Å². The summed E-state index contributed by atoms with van der Waals surface area (Å²) in [5, 5.41) is 23.6. The monoisotopic (exact) mass is 319 g/mol. The zero-order valence-corrected chi connectivity index (χ0v) is 12.9. The largest absolute Gasteiger partial charge is 0.396 e. The number of amides is 1. The van der Waals surface area contributed by atoms with Crippen LogP contribution in [0.15, 0.2) is 18.2 Å². The fourth-order valence-electron chi connectivity index (χ4n) is 3.01. The standard InChI is InChI=1S/C16H21N3O4/c20-10-11-2-1-7-18(9-11)14-6-3-12(8-15(14)19(22)23)16(21)17-13-4-5-13/h3,6,8,11,13,20H,1-2,4-5,7,9-10H2,(H,17,21). The van der Waals surface area contributed by atoms with Crippen LogP contribution in [0, 0.1) is 16.0 Å². The predicted octanol–water partition coefficient (Wildman–Crippen LogP) is 1.70. The van der Waals surface area contributed by atoms with E-state index >= 15 is 0 Å². The minimum Gasteiger partial charge on any atom is -0.396 e. The smallest absolute Gasteiger partial charge is 0.293 e. The molecule has 1 saturated carbocycles. The highest BCUT2D eigenvalue weighted by atomic mass is 16.6. The van der Waals surface area contributed by atoms with Crippen molar-refractivity contribution in [2.75, 3.05) is 24.6 Å². The maximum absolute atomic E-state index is 12.1. The van der Waals surface area contributed by atoms with E-state index in [-0.39, 0.29) is 30.2 Å². The molecule has 1 aliphatic carbocycles. The number of benzene rings is 1. The summed E-state index contributed by atoms with van der Waals surface area (Å²) in [6.07, 6.45) is 3.78. The van der Waals surface area contributed by atoms with Gasteiger partial charge in [0.2, 0.25) is 0 Å². The molecule has 0 radical (unpaired) electrons. The Morgan fingerprint density at radius 3 is 2.83 bits per heavy atom. The molecule has 1 aromatic rings. The second kappa shape index (κ2) is 6.54. The van der Waals surface area contributed by atoms with Crippen molar-refractivity contribution in [3.63, 3.8) is 0 Å². The summed E-state index contributed by atoms with van der Waals surface area (Å²) in [5.41, 5.74) is 0.797. The number of rotatable bonds is 5. The lowest BCUT2D eigenvalue weighted by atomic mass is 9.98. The Hall–Kier alpha value is -2.15. The lowest BCUT2D eigenvalue weighted by Gasteiger charge is -2.33. The number of nitro benzene ring substituents is 1. The fourth-order valence-corrected chi connectivity index (χ4v) is 3.01. The van der Waals surface area contributed by atoms with Gasteiger partial charge in [-0.1, -0.05) is 0 Å². The first kappa shape index (κ1) is 15.7. The number of aliphatic hydroxyl groups is 1. The van der Waals surface area contributed by atoms with Crippen LogP contribution >= 0.6 is 0 Å². The van der Waals surface area contributed by atoms with Crippen LogP contribution in [0.5, 0.6) is 0 Å². The summed E-state index contributed by atoms with van der Waals surface area (Å²) < 4.78 is 0. The van der Waals surface area contributed by atoms with Crippen LogP contribution in [0.4, 0.5) is 11.4 Å². The molecule has 1 aliphatic heterocycles. The van der Waals surface area contributed by atoms with Crippen LogP contribution in [0.3, 0.4) is 0 Å². The normalized spacial score (nSPS) is 21.1. The minimum absolute atomic E-state index is 0.0490. The Morgan fingerprint density at radius 1 is 1.39 bits per heavy atom. The molecular weight excluding hydrogens is 298 g/mol. The third-order valence-corrected chi connectivity index (χ3v) is 4.46. The van der Waals surface area contributed by atoms with Gasteiger partial charge in [0.05, 0.1) is 4.92 Å². The first-order valence-electron chi connectivity index (χ1n) is 8.03. The zero-order valence-electron chi connectivity index (χ0n) is 12.9. The highest BCUT2D eigenvalue weighted by molar-refractivity contribution is 5.96. The summed E-state index contributed by atoms with van der Waals surface area (Å²) in [6, 6.07) is 4.87. The molecule has 3 rings (SSSR count). The van der Waals surface area contributed by atoms with Gasteiger partial charge in [-0.15, -0.1) is 0 Å². The van der Waals surface area contributed by atoms with Gasteiger partial charge in [-0.3, -0.25) is 14.9 Å². The van der Waals surface area contributed by atoms with Crippen LogP contribution in [0.1, 0.15) is 36.0 Å². The summed E-state index contributed by atoms with van der Waals surface area (Å²) in [7, 11) is 0. The van der Waals surface area contributed by atoms with Crippen molar-refractivity contribution < 1.29 is 14.8 Å². The van der Waals surface area contributed by atoms with Gasteiger partial charge in [-0.2, -0.15) is 0 Å². The number of nitro groups is 1. The van der Waals surface area contributed by atoms with Crippen LogP contribution in [0.2, 0.25) is 0 Å². The first-order valence-corrected chi connectivity index (χ1v) is 8.03. The van der Waals surface area contributed by atoms with E-state index in [1.165, 1.54) is 6.07 Å². The molecule has 124 valence electrons. The van der Waals surface area contributed by atoms with E-state index in [2.05, 4.69) is 5.32 Å². The van der Waals surface area contributed by atoms with Gasteiger partial charge in [0.15, 0.2) is 0 Å². The lowest BCUT2D eigenvalue weighted by molar-refractivity contribution is -0.384. The van der Waals surface area contributed by atoms with E-state index in [0.717, 1.165) is 32.2 Å². The third-order valence-electron chi connectivity index (χ3n) is 4.46. The molecule has 1 heterocycles. The highest BCUT2D eigenvalue weighted by Gasteiger charge is 2.28. The molecule has 1 saturated heterocycles. The van der Waals surface area contributed by atoms with Crippen molar-refractivity contribution >= 4 is 17.3 Å². The number of nitrogens with one attached hydrogen (secondary N) is 1. The molecule has 0 aromatic heterocycles. The van der Waals surface area contributed by atoms with E-state index in [4.69, 9.17) is 0 Å². The van der Waals surface area contributed by atoms with Crippen molar-refractivity contribution in [1.82, 2.24) is 5.32 Å². The number of nitrogens with zero attached hydrogens (tertiary/aromatic N) is 2. The Balaban J connectivity index is 1.84. The second-order valence-electron chi connectivity index (χ2n) is 6.35. The molecule has 2 fully saturated rings. The van der Waals surface area contributed by atoms with Crippen molar-refractivity contribution in [2.24, 2.45) is 5.92 Å². The average Bonchev–Trinajstić information content (AvgIpc) is 3.38. The van der Waals surface area contributed by atoms with Crippen LogP contribution in [0.25, 0.3) is 0 Å². The Labute approximate surface area is 134 Å². The number of anilines is 1. The number of carbonyl (C=O) groups excluding carboxylic acids is 1. The maximum Gasteiger partial charge on any atom is 0.293 e. The lowest BCUT2D eigenvalue weighted by Crippen LogP contribution is -2.37. The molecule has 23 heavy (non-hydrogen) atoms. The van der Waals surface area contributed by atoms with Crippen molar-refractivity contribution in [2.45, 2.75) is 31.7 Å². The van der Waals surface area contributed by atoms with Crippen molar-refractivity contribution in [1.29, 1.82) is 0 Å². The van der Waals surface area contributed by atoms with E-state index < -0.39 is 4.92 Å². The molecule has 0 spiro atoms. The number of carbonyl (C=O) groups is 1. The molecule has 2 aliphatic rings. The van der Waals surface area contributed by atoms with Gasteiger partial charge in [-0.25, -0.2) is 0 Å². The van der Waals surface area contributed by atoms with Gasteiger partial charge in [0, 0.05) is 37.4 Å². The third kappa shape index (κ3) is 3.61. The summed E-state index contributed by atoms with van der Waals surface area (Å²) in [4.78, 5) is 25.0.